The zero-order valence-corrected chi connectivity index (χ0v) is 13.4. The van der Waals surface area contributed by atoms with Crippen LogP contribution < -0.4 is 0 Å². The van der Waals surface area contributed by atoms with E-state index >= 15 is 0 Å². The van der Waals surface area contributed by atoms with Gasteiger partial charge in [-0.1, -0.05) is 13.0 Å². The predicted octanol–water partition coefficient (Wildman–Crippen LogP) is 1.75. The highest BCUT2D eigenvalue weighted by Gasteiger charge is 2.33. The molecule has 1 fully saturated rings. The first-order chi connectivity index (χ1) is 11.3. The Labute approximate surface area is 137 Å². The van der Waals surface area contributed by atoms with Crippen LogP contribution in [0.1, 0.15) is 18.1 Å². The molecular formula is C18H22N4O. The van der Waals surface area contributed by atoms with E-state index < -0.39 is 0 Å². The fraction of sp³-hybridized carbons (Fsp3) is 0.389. The second kappa shape index (κ2) is 7.33. The number of nitrogens with zero attached hydrogens (tertiary/aromatic N) is 4. The summed E-state index contributed by atoms with van der Waals surface area (Å²) in [6.07, 6.45) is 7.58. The summed E-state index contributed by atoms with van der Waals surface area (Å²) in [6, 6.07) is 8.37. The van der Waals surface area contributed by atoms with Crippen molar-refractivity contribution >= 4 is 5.91 Å². The Morgan fingerprint density at radius 1 is 1.17 bits per heavy atom. The average molecular weight is 310 g/mol. The standard InChI is InChI=1S/C18H22N4O/c1-2-21(12-15-5-8-19-9-6-15)17-13-22(14-17)18(23)10-16-4-3-7-20-11-16/h3-9,11,17H,2,10,12-14H2,1H3. The Balaban J connectivity index is 1.50. The van der Waals surface area contributed by atoms with Gasteiger partial charge in [0.25, 0.3) is 0 Å². The molecule has 1 aliphatic heterocycles. The first-order valence-electron chi connectivity index (χ1n) is 8.06. The van der Waals surface area contributed by atoms with Crippen molar-refractivity contribution in [3.05, 3.63) is 60.2 Å². The largest absolute Gasteiger partial charge is 0.339 e. The molecule has 3 heterocycles. The molecular weight excluding hydrogens is 288 g/mol. The van der Waals surface area contributed by atoms with Gasteiger partial charge in [-0.2, -0.15) is 0 Å². The molecule has 1 aliphatic rings. The van der Waals surface area contributed by atoms with Crippen molar-refractivity contribution in [2.24, 2.45) is 0 Å². The average Bonchev–Trinajstić information content (AvgIpc) is 2.54. The van der Waals surface area contributed by atoms with Gasteiger partial charge in [0.1, 0.15) is 0 Å². The molecule has 0 saturated carbocycles. The van der Waals surface area contributed by atoms with E-state index in [9.17, 15) is 4.79 Å². The van der Waals surface area contributed by atoms with E-state index in [2.05, 4.69) is 21.8 Å². The summed E-state index contributed by atoms with van der Waals surface area (Å²) in [7, 11) is 0. The number of carbonyl (C=O) groups excluding carboxylic acids is 1. The van der Waals surface area contributed by atoms with Crippen molar-refractivity contribution in [3.8, 4) is 0 Å². The Morgan fingerprint density at radius 3 is 2.61 bits per heavy atom. The molecule has 2 aromatic heterocycles. The summed E-state index contributed by atoms with van der Waals surface area (Å²) in [5, 5.41) is 0. The van der Waals surface area contributed by atoms with Gasteiger partial charge in [0.15, 0.2) is 0 Å². The maximum atomic E-state index is 12.3. The van der Waals surface area contributed by atoms with Gasteiger partial charge in [-0.3, -0.25) is 19.7 Å². The van der Waals surface area contributed by atoms with Gasteiger partial charge in [-0.05, 0) is 35.9 Å². The summed E-state index contributed by atoms with van der Waals surface area (Å²) in [6.45, 7) is 5.70. The van der Waals surface area contributed by atoms with Gasteiger partial charge < -0.3 is 4.90 Å². The summed E-state index contributed by atoms with van der Waals surface area (Å²) in [5.74, 6) is 0.189. The maximum absolute atomic E-state index is 12.3. The molecule has 1 amide bonds. The van der Waals surface area contributed by atoms with Gasteiger partial charge in [0.05, 0.1) is 6.42 Å². The molecule has 0 aliphatic carbocycles. The topological polar surface area (TPSA) is 49.3 Å². The third-order valence-corrected chi connectivity index (χ3v) is 4.35. The Bertz CT molecular complexity index is 626. The molecule has 5 nitrogen and oxygen atoms in total. The van der Waals surface area contributed by atoms with Gasteiger partial charge in [0, 0.05) is 50.5 Å². The van der Waals surface area contributed by atoms with Crippen LogP contribution in [0.5, 0.6) is 0 Å². The molecule has 0 atom stereocenters. The van der Waals surface area contributed by atoms with Gasteiger partial charge >= 0.3 is 0 Å². The van der Waals surface area contributed by atoms with Gasteiger partial charge in [-0.25, -0.2) is 0 Å². The smallest absolute Gasteiger partial charge is 0.227 e. The minimum Gasteiger partial charge on any atom is -0.339 e. The number of hydrogen-bond acceptors (Lipinski definition) is 4. The zero-order valence-electron chi connectivity index (χ0n) is 13.4. The zero-order chi connectivity index (χ0) is 16.1. The van der Waals surface area contributed by atoms with Gasteiger partial charge in [0.2, 0.25) is 5.91 Å². The molecule has 0 N–H and O–H groups in total. The molecule has 0 spiro atoms. The van der Waals surface area contributed by atoms with E-state index in [0.29, 0.717) is 12.5 Å². The lowest BCUT2D eigenvalue weighted by Gasteiger charge is -2.45. The number of amides is 1. The van der Waals surface area contributed by atoms with E-state index in [1.165, 1.54) is 5.56 Å². The summed E-state index contributed by atoms with van der Waals surface area (Å²) in [4.78, 5) is 24.8. The van der Waals surface area contributed by atoms with Crippen molar-refractivity contribution in [1.29, 1.82) is 0 Å². The number of pyridine rings is 2. The van der Waals surface area contributed by atoms with Gasteiger partial charge in [-0.15, -0.1) is 0 Å². The van der Waals surface area contributed by atoms with E-state index in [4.69, 9.17) is 0 Å². The van der Waals surface area contributed by atoms with Crippen LogP contribution in [-0.2, 0) is 17.8 Å². The fourth-order valence-corrected chi connectivity index (χ4v) is 2.90. The molecule has 0 unspecified atom stereocenters. The number of likely N-dealkylation sites (tertiary alicyclic amines) is 1. The number of likely N-dealkylation sites (N-methyl/N-ethyl adjacent to an activating group) is 1. The molecule has 0 bridgehead atoms. The van der Waals surface area contributed by atoms with Crippen molar-refractivity contribution in [2.75, 3.05) is 19.6 Å². The molecule has 3 rings (SSSR count). The van der Waals surface area contributed by atoms with Crippen molar-refractivity contribution < 1.29 is 4.79 Å². The molecule has 23 heavy (non-hydrogen) atoms. The molecule has 0 radical (unpaired) electrons. The Kier molecular flexibility index (Phi) is 4.98. The monoisotopic (exact) mass is 310 g/mol. The Hall–Kier alpha value is -2.27. The van der Waals surface area contributed by atoms with E-state index in [1.54, 1.807) is 12.4 Å². The minimum absolute atomic E-state index is 0.189. The number of aromatic nitrogens is 2. The first kappa shape index (κ1) is 15.6. The maximum Gasteiger partial charge on any atom is 0.227 e. The number of carbonyl (C=O) groups is 1. The van der Waals surface area contributed by atoms with Crippen LogP contribution in [0.25, 0.3) is 0 Å². The van der Waals surface area contributed by atoms with Crippen molar-refractivity contribution in [3.63, 3.8) is 0 Å². The summed E-state index contributed by atoms with van der Waals surface area (Å²) in [5.41, 5.74) is 2.24. The molecule has 1 saturated heterocycles. The van der Waals surface area contributed by atoms with E-state index in [-0.39, 0.29) is 5.91 Å². The molecule has 120 valence electrons. The van der Waals surface area contributed by atoms with Crippen LogP contribution in [0.2, 0.25) is 0 Å². The minimum atomic E-state index is 0.189. The third kappa shape index (κ3) is 3.93. The normalized spacial score (nSPS) is 14.8. The van der Waals surface area contributed by atoms with Crippen LogP contribution in [0.4, 0.5) is 0 Å². The first-order valence-corrected chi connectivity index (χ1v) is 8.06. The SMILES string of the molecule is CCN(Cc1ccncc1)C1CN(C(=O)Cc2cccnc2)C1. The quantitative estimate of drug-likeness (QED) is 0.816. The Morgan fingerprint density at radius 2 is 1.96 bits per heavy atom. The highest BCUT2D eigenvalue weighted by atomic mass is 16.2. The third-order valence-electron chi connectivity index (χ3n) is 4.35. The second-order valence-electron chi connectivity index (χ2n) is 5.91. The molecule has 2 aromatic rings. The second-order valence-corrected chi connectivity index (χ2v) is 5.91. The van der Waals surface area contributed by atoms with E-state index in [1.807, 2.05) is 41.6 Å². The lowest BCUT2D eigenvalue weighted by molar-refractivity contribution is -0.138. The van der Waals surface area contributed by atoms with Crippen molar-refractivity contribution in [2.45, 2.75) is 25.9 Å². The lowest BCUT2D eigenvalue weighted by atomic mass is 10.0. The summed E-state index contributed by atoms with van der Waals surface area (Å²) >= 11 is 0. The van der Waals surface area contributed by atoms with Crippen LogP contribution in [0.3, 0.4) is 0 Å². The van der Waals surface area contributed by atoms with Crippen LogP contribution in [0, 0.1) is 0 Å². The molecule has 5 heteroatoms. The van der Waals surface area contributed by atoms with Crippen molar-refractivity contribution in [1.82, 2.24) is 19.8 Å². The summed E-state index contributed by atoms with van der Waals surface area (Å²) < 4.78 is 0. The van der Waals surface area contributed by atoms with Crippen LogP contribution in [0.15, 0.2) is 49.1 Å². The fourth-order valence-electron chi connectivity index (χ4n) is 2.90. The van der Waals surface area contributed by atoms with E-state index in [0.717, 1.165) is 31.7 Å². The van der Waals surface area contributed by atoms with Crippen LogP contribution in [-0.4, -0.2) is 51.4 Å². The lowest BCUT2D eigenvalue weighted by Crippen LogP contribution is -2.61. The predicted molar refractivity (Wildman–Crippen MR) is 88.6 cm³/mol. The van der Waals surface area contributed by atoms with Crippen LogP contribution >= 0.6 is 0 Å². The highest BCUT2D eigenvalue weighted by molar-refractivity contribution is 5.79. The highest BCUT2D eigenvalue weighted by Crippen LogP contribution is 2.18. The number of rotatable bonds is 6. The number of hydrogen-bond donors (Lipinski definition) is 0. The molecule has 0 aromatic carbocycles.